The van der Waals surface area contributed by atoms with E-state index in [1.165, 1.54) is 6.42 Å². The van der Waals surface area contributed by atoms with E-state index in [0.29, 0.717) is 0 Å². The second-order valence-corrected chi connectivity index (χ2v) is 4.38. The number of unbranched alkanes of at least 4 members (excludes halogenated alkanes) is 2. The smallest absolute Gasteiger partial charge is 0.166 e. The summed E-state index contributed by atoms with van der Waals surface area (Å²) in [6, 6.07) is 0. The summed E-state index contributed by atoms with van der Waals surface area (Å²) in [4.78, 5) is 11.5. The Morgan fingerprint density at radius 3 is 2.31 bits per heavy atom. The highest BCUT2D eigenvalue weighted by atomic mass is 16.3. The molecule has 0 bridgehead atoms. The highest BCUT2D eigenvalue weighted by Gasteiger charge is 2.29. The molecule has 0 aliphatic heterocycles. The van der Waals surface area contributed by atoms with Crippen molar-refractivity contribution in [3.05, 3.63) is 0 Å². The average Bonchev–Trinajstić information content (AvgIpc) is 2.03. The third-order valence-electron chi connectivity index (χ3n) is 2.45. The Hall–Kier alpha value is -0.370. The van der Waals surface area contributed by atoms with Gasteiger partial charge in [0, 0.05) is 5.41 Å². The lowest BCUT2D eigenvalue weighted by Crippen LogP contribution is -2.32. The van der Waals surface area contributed by atoms with Crippen LogP contribution in [0.15, 0.2) is 0 Å². The molecule has 0 aliphatic carbocycles. The molecule has 0 radical (unpaired) electrons. The third kappa shape index (κ3) is 4.41. The SMILES string of the molecule is CCCCCC(C)(C)C(=O)C(C)O. The monoisotopic (exact) mass is 186 g/mol. The lowest BCUT2D eigenvalue weighted by atomic mass is 9.81. The van der Waals surface area contributed by atoms with Gasteiger partial charge in [-0.05, 0) is 13.3 Å². The van der Waals surface area contributed by atoms with Crippen molar-refractivity contribution in [2.24, 2.45) is 5.41 Å². The molecule has 0 fully saturated rings. The maximum atomic E-state index is 11.5. The van der Waals surface area contributed by atoms with E-state index in [1.54, 1.807) is 6.92 Å². The fraction of sp³-hybridized carbons (Fsp3) is 0.909. The van der Waals surface area contributed by atoms with Crippen LogP contribution in [0.4, 0.5) is 0 Å². The summed E-state index contributed by atoms with van der Waals surface area (Å²) < 4.78 is 0. The molecule has 1 atom stereocenters. The number of carbonyl (C=O) groups is 1. The van der Waals surface area contributed by atoms with Crippen LogP contribution in [0.2, 0.25) is 0 Å². The van der Waals surface area contributed by atoms with Crippen molar-refractivity contribution in [3.8, 4) is 0 Å². The highest BCUT2D eigenvalue weighted by Crippen LogP contribution is 2.26. The zero-order valence-corrected chi connectivity index (χ0v) is 9.26. The van der Waals surface area contributed by atoms with E-state index in [-0.39, 0.29) is 11.2 Å². The van der Waals surface area contributed by atoms with Gasteiger partial charge in [0.1, 0.15) is 6.10 Å². The summed E-state index contributed by atoms with van der Waals surface area (Å²) in [6.07, 6.45) is 3.46. The lowest BCUT2D eigenvalue weighted by molar-refractivity contribution is -0.135. The largest absolute Gasteiger partial charge is 0.386 e. The molecule has 0 aromatic carbocycles. The molecule has 0 aromatic rings. The number of ketones is 1. The topological polar surface area (TPSA) is 37.3 Å². The lowest BCUT2D eigenvalue weighted by Gasteiger charge is -2.24. The van der Waals surface area contributed by atoms with Crippen molar-refractivity contribution in [2.75, 3.05) is 0 Å². The quantitative estimate of drug-likeness (QED) is 0.647. The van der Waals surface area contributed by atoms with Gasteiger partial charge in [0.15, 0.2) is 5.78 Å². The number of Topliss-reactive ketones (excluding diaryl/α,β-unsaturated/α-hetero) is 1. The van der Waals surface area contributed by atoms with Gasteiger partial charge >= 0.3 is 0 Å². The molecule has 0 aliphatic rings. The van der Waals surface area contributed by atoms with E-state index in [0.717, 1.165) is 19.3 Å². The molecule has 0 rings (SSSR count). The molecule has 2 nitrogen and oxygen atoms in total. The van der Waals surface area contributed by atoms with Crippen LogP contribution < -0.4 is 0 Å². The van der Waals surface area contributed by atoms with Gasteiger partial charge in [-0.25, -0.2) is 0 Å². The summed E-state index contributed by atoms with van der Waals surface area (Å²) in [5.41, 5.74) is -0.358. The van der Waals surface area contributed by atoms with Gasteiger partial charge in [-0.2, -0.15) is 0 Å². The van der Waals surface area contributed by atoms with Crippen molar-refractivity contribution in [1.82, 2.24) is 0 Å². The zero-order valence-electron chi connectivity index (χ0n) is 9.26. The number of rotatable bonds is 6. The zero-order chi connectivity index (χ0) is 10.5. The molecule has 0 amide bonds. The molecule has 0 saturated carbocycles. The first-order valence-electron chi connectivity index (χ1n) is 5.14. The Kier molecular flexibility index (Phi) is 5.23. The number of aliphatic hydroxyl groups is 1. The van der Waals surface area contributed by atoms with Crippen LogP contribution in [0.5, 0.6) is 0 Å². The number of hydrogen-bond donors (Lipinski definition) is 1. The van der Waals surface area contributed by atoms with Crippen LogP contribution in [0, 0.1) is 5.41 Å². The highest BCUT2D eigenvalue weighted by molar-refractivity contribution is 5.87. The molecular formula is C11H22O2. The van der Waals surface area contributed by atoms with Gasteiger partial charge in [-0.1, -0.05) is 40.0 Å². The Bertz CT molecular complexity index is 159. The summed E-state index contributed by atoms with van der Waals surface area (Å²) in [6.45, 7) is 7.52. The summed E-state index contributed by atoms with van der Waals surface area (Å²) >= 11 is 0. The predicted octanol–water partition coefficient (Wildman–Crippen LogP) is 2.54. The summed E-state index contributed by atoms with van der Waals surface area (Å²) in [7, 11) is 0. The minimum absolute atomic E-state index is 0.0383. The Balaban J connectivity index is 3.99. The molecule has 0 spiro atoms. The van der Waals surface area contributed by atoms with Crippen molar-refractivity contribution in [3.63, 3.8) is 0 Å². The minimum Gasteiger partial charge on any atom is -0.386 e. The fourth-order valence-corrected chi connectivity index (χ4v) is 1.51. The number of hydrogen-bond acceptors (Lipinski definition) is 2. The predicted molar refractivity (Wildman–Crippen MR) is 54.6 cm³/mol. The van der Waals surface area contributed by atoms with Gasteiger partial charge in [-0.3, -0.25) is 4.79 Å². The second-order valence-electron chi connectivity index (χ2n) is 4.38. The number of carbonyl (C=O) groups excluding carboxylic acids is 1. The Morgan fingerprint density at radius 1 is 1.38 bits per heavy atom. The van der Waals surface area contributed by atoms with Crippen LogP contribution in [-0.4, -0.2) is 17.0 Å². The van der Waals surface area contributed by atoms with Crippen molar-refractivity contribution >= 4 is 5.78 Å². The van der Waals surface area contributed by atoms with Gasteiger partial charge in [0.2, 0.25) is 0 Å². The fourth-order valence-electron chi connectivity index (χ4n) is 1.51. The Labute approximate surface area is 81.3 Å². The standard InChI is InChI=1S/C11H22O2/c1-5-6-7-8-11(3,4)10(13)9(2)12/h9,12H,5-8H2,1-4H3. The van der Waals surface area contributed by atoms with Crippen molar-refractivity contribution < 1.29 is 9.90 Å². The maximum Gasteiger partial charge on any atom is 0.166 e. The first-order chi connectivity index (χ1) is 5.91. The average molecular weight is 186 g/mol. The third-order valence-corrected chi connectivity index (χ3v) is 2.45. The molecule has 0 aromatic heterocycles. The molecular weight excluding hydrogens is 164 g/mol. The molecule has 2 heteroatoms. The van der Waals surface area contributed by atoms with E-state index in [2.05, 4.69) is 6.92 Å². The van der Waals surface area contributed by atoms with Crippen LogP contribution in [0.25, 0.3) is 0 Å². The first-order valence-corrected chi connectivity index (χ1v) is 5.14. The van der Waals surface area contributed by atoms with Crippen molar-refractivity contribution in [2.45, 2.75) is 59.5 Å². The normalized spacial score (nSPS) is 14.2. The molecule has 0 saturated heterocycles. The second kappa shape index (κ2) is 5.38. The van der Waals surface area contributed by atoms with E-state index >= 15 is 0 Å². The van der Waals surface area contributed by atoms with Crippen LogP contribution in [0.1, 0.15) is 53.4 Å². The van der Waals surface area contributed by atoms with Crippen LogP contribution in [0.3, 0.4) is 0 Å². The molecule has 1 unspecified atom stereocenters. The first kappa shape index (κ1) is 12.6. The van der Waals surface area contributed by atoms with Gasteiger partial charge in [0.05, 0.1) is 0 Å². The van der Waals surface area contributed by atoms with E-state index < -0.39 is 6.10 Å². The van der Waals surface area contributed by atoms with Gasteiger partial charge in [0.25, 0.3) is 0 Å². The molecule has 13 heavy (non-hydrogen) atoms. The molecule has 0 heterocycles. The van der Waals surface area contributed by atoms with Gasteiger partial charge in [-0.15, -0.1) is 0 Å². The van der Waals surface area contributed by atoms with E-state index in [9.17, 15) is 4.79 Å². The summed E-state index contributed by atoms with van der Waals surface area (Å²) in [5, 5.41) is 9.16. The van der Waals surface area contributed by atoms with Crippen LogP contribution >= 0.6 is 0 Å². The van der Waals surface area contributed by atoms with Gasteiger partial charge < -0.3 is 5.11 Å². The van der Waals surface area contributed by atoms with E-state index in [1.807, 2.05) is 13.8 Å². The summed E-state index contributed by atoms with van der Waals surface area (Å²) in [5.74, 6) is -0.0383. The van der Waals surface area contributed by atoms with Crippen molar-refractivity contribution in [1.29, 1.82) is 0 Å². The number of aliphatic hydroxyl groups excluding tert-OH is 1. The van der Waals surface area contributed by atoms with Crippen LogP contribution in [-0.2, 0) is 4.79 Å². The maximum absolute atomic E-state index is 11.5. The Morgan fingerprint density at radius 2 is 1.92 bits per heavy atom. The molecule has 78 valence electrons. The minimum atomic E-state index is -0.823. The van der Waals surface area contributed by atoms with E-state index in [4.69, 9.17) is 5.11 Å². The molecule has 1 N–H and O–H groups in total.